The maximum absolute atomic E-state index is 15.2. The van der Waals surface area contributed by atoms with Crippen molar-refractivity contribution in [1.82, 2.24) is 9.97 Å². The summed E-state index contributed by atoms with van der Waals surface area (Å²) in [6.45, 7) is 3.35. The highest BCUT2D eigenvalue weighted by molar-refractivity contribution is 5.42. The van der Waals surface area contributed by atoms with Gasteiger partial charge in [0.05, 0.1) is 0 Å². The molecule has 2 aliphatic rings. The molecule has 4 heteroatoms. The molecular weight excluding hydrogens is 289 g/mol. The third-order valence-electron chi connectivity index (χ3n) is 5.01. The minimum atomic E-state index is -1.21. The second-order valence-corrected chi connectivity index (χ2v) is 6.79. The van der Waals surface area contributed by atoms with Gasteiger partial charge in [0.15, 0.2) is 0 Å². The molecule has 0 unspecified atom stereocenters. The lowest BCUT2D eigenvalue weighted by atomic mass is 9.86. The van der Waals surface area contributed by atoms with Crippen LogP contribution in [0.1, 0.15) is 48.7 Å². The summed E-state index contributed by atoms with van der Waals surface area (Å²) >= 11 is 0. The van der Waals surface area contributed by atoms with Crippen LogP contribution >= 0.6 is 0 Å². The van der Waals surface area contributed by atoms with E-state index in [0.29, 0.717) is 31.8 Å². The van der Waals surface area contributed by atoms with E-state index in [1.54, 1.807) is 0 Å². The maximum atomic E-state index is 15.2. The van der Waals surface area contributed by atoms with Gasteiger partial charge < -0.3 is 4.90 Å². The van der Waals surface area contributed by atoms with Gasteiger partial charge in [-0.2, -0.15) is 0 Å². The Morgan fingerprint density at radius 2 is 1.78 bits per heavy atom. The Labute approximate surface area is 136 Å². The van der Waals surface area contributed by atoms with E-state index in [1.807, 2.05) is 37.3 Å². The van der Waals surface area contributed by atoms with E-state index in [1.165, 1.54) is 12.8 Å². The molecule has 0 bridgehead atoms. The second-order valence-electron chi connectivity index (χ2n) is 6.79. The molecule has 0 spiro atoms. The van der Waals surface area contributed by atoms with Crippen molar-refractivity contribution in [2.24, 2.45) is 0 Å². The zero-order valence-electron chi connectivity index (χ0n) is 13.5. The molecule has 1 saturated carbocycles. The van der Waals surface area contributed by atoms with Crippen molar-refractivity contribution in [2.45, 2.75) is 44.2 Å². The molecule has 2 heterocycles. The Morgan fingerprint density at radius 3 is 2.43 bits per heavy atom. The number of piperidine rings is 1. The van der Waals surface area contributed by atoms with Crippen LogP contribution in [-0.4, -0.2) is 23.1 Å². The lowest BCUT2D eigenvalue weighted by molar-refractivity contribution is 0.124. The van der Waals surface area contributed by atoms with Crippen molar-refractivity contribution < 1.29 is 4.39 Å². The standard InChI is InChI=1S/C19H22FN3/c1-14-21-17(15-7-8-15)13-18(22-14)23-11-9-19(20,10-12-23)16-5-3-2-4-6-16/h2-6,13,15H,7-12H2,1H3. The van der Waals surface area contributed by atoms with Gasteiger partial charge in [0.1, 0.15) is 17.3 Å². The van der Waals surface area contributed by atoms with E-state index in [4.69, 9.17) is 0 Å². The second kappa shape index (κ2) is 5.59. The highest BCUT2D eigenvalue weighted by atomic mass is 19.1. The summed E-state index contributed by atoms with van der Waals surface area (Å²) in [7, 11) is 0. The van der Waals surface area contributed by atoms with Crippen LogP contribution in [0.25, 0.3) is 0 Å². The summed E-state index contributed by atoms with van der Waals surface area (Å²) in [6.07, 6.45) is 3.49. The van der Waals surface area contributed by atoms with Crippen LogP contribution in [0, 0.1) is 6.92 Å². The van der Waals surface area contributed by atoms with Crippen molar-refractivity contribution in [3.63, 3.8) is 0 Å². The van der Waals surface area contributed by atoms with Crippen molar-refractivity contribution >= 4 is 5.82 Å². The molecule has 0 radical (unpaired) electrons. The number of halogens is 1. The van der Waals surface area contributed by atoms with Crippen molar-refractivity contribution in [3.05, 3.63) is 53.5 Å². The molecule has 0 amide bonds. The normalized spacial score (nSPS) is 20.5. The lowest BCUT2D eigenvalue weighted by Gasteiger charge is -2.37. The molecule has 23 heavy (non-hydrogen) atoms. The van der Waals surface area contributed by atoms with Crippen LogP contribution in [0.3, 0.4) is 0 Å². The number of rotatable bonds is 3. The van der Waals surface area contributed by atoms with Gasteiger partial charge in [0.25, 0.3) is 0 Å². The number of hydrogen-bond acceptors (Lipinski definition) is 3. The zero-order chi connectivity index (χ0) is 15.9. The fraction of sp³-hybridized carbons (Fsp3) is 0.474. The monoisotopic (exact) mass is 311 g/mol. The van der Waals surface area contributed by atoms with Crippen molar-refractivity contribution in [1.29, 1.82) is 0 Å². The molecular formula is C19H22FN3. The Morgan fingerprint density at radius 1 is 1.09 bits per heavy atom. The van der Waals surface area contributed by atoms with Crippen molar-refractivity contribution in [3.8, 4) is 0 Å². The first kappa shape index (κ1) is 14.6. The van der Waals surface area contributed by atoms with E-state index in [9.17, 15) is 0 Å². The maximum Gasteiger partial charge on any atom is 0.139 e. The van der Waals surface area contributed by atoms with Gasteiger partial charge in [-0.3, -0.25) is 0 Å². The Bertz CT molecular complexity index is 689. The Kier molecular flexibility index (Phi) is 3.55. The summed E-state index contributed by atoms with van der Waals surface area (Å²) in [5, 5.41) is 0. The zero-order valence-corrected chi connectivity index (χ0v) is 13.5. The largest absolute Gasteiger partial charge is 0.356 e. The van der Waals surface area contributed by atoms with E-state index >= 15 is 4.39 Å². The topological polar surface area (TPSA) is 29.0 Å². The predicted octanol–water partition coefficient (Wildman–Crippen LogP) is 4.13. The van der Waals surface area contributed by atoms with Crippen LogP contribution in [-0.2, 0) is 5.67 Å². The third-order valence-corrected chi connectivity index (χ3v) is 5.01. The highest BCUT2D eigenvalue weighted by Crippen LogP contribution is 2.41. The Balaban J connectivity index is 1.51. The molecule has 2 aromatic rings. The summed E-state index contributed by atoms with van der Waals surface area (Å²) in [5.41, 5.74) is 0.754. The summed E-state index contributed by atoms with van der Waals surface area (Å²) in [5.74, 6) is 2.41. The van der Waals surface area contributed by atoms with Crippen LogP contribution in [0.2, 0.25) is 0 Å². The van der Waals surface area contributed by atoms with Gasteiger partial charge in [0.2, 0.25) is 0 Å². The summed E-state index contributed by atoms with van der Waals surface area (Å²) in [6, 6.07) is 11.7. The number of anilines is 1. The average molecular weight is 311 g/mol. The van der Waals surface area contributed by atoms with E-state index < -0.39 is 5.67 Å². The molecule has 4 rings (SSSR count). The Hall–Kier alpha value is -1.97. The fourth-order valence-electron chi connectivity index (χ4n) is 3.44. The fourth-order valence-corrected chi connectivity index (χ4v) is 3.44. The SMILES string of the molecule is Cc1nc(C2CC2)cc(N2CCC(F)(c3ccccc3)CC2)n1. The number of benzene rings is 1. The van der Waals surface area contributed by atoms with Gasteiger partial charge in [0, 0.05) is 43.6 Å². The first-order chi connectivity index (χ1) is 11.1. The molecule has 120 valence electrons. The number of aryl methyl sites for hydroxylation is 1. The molecule has 1 saturated heterocycles. The summed E-state index contributed by atoms with van der Waals surface area (Å²) in [4.78, 5) is 11.3. The van der Waals surface area contributed by atoms with Gasteiger partial charge in [-0.15, -0.1) is 0 Å². The minimum absolute atomic E-state index is 0.513. The van der Waals surface area contributed by atoms with E-state index in [2.05, 4.69) is 20.9 Å². The molecule has 1 aliphatic carbocycles. The number of alkyl halides is 1. The quantitative estimate of drug-likeness (QED) is 0.853. The average Bonchev–Trinajstić information content (AvgIpc) is 3.41. The molecule has 0 N–H and O–H groups in total. The number of nitrogens with zero attached hydrogens (tertiary/aromatic N) is 3. The predicted molar refractivity (Wildman–Crippen MR) is 89.4 cm³/mol. The van der Waals surface area contributed by atoms with Crippen LogP contribution in [0.5, 0.6) is 0 Å². The lowest BCUT2D eigenvalue weighted by Crippen LogP contribution is -2.40. The first-order valence-electron chi connectivity index (χ1n) is 8.49. The molecule has 3 nitrogen and oxygen atoms in total. The third kappa shape index (κ3) is 2.94. The van der Waals surface area contributed by atoms with E-state index in [-0.39, 0.29) is 0 Å². The smallest absolute Gasteiger partial charge is 0.139 e. The van der Waals surface area contributed by atoms with Crippen molar-refractivity contribution in [2.75, 3.05) is 18.0 Å². The molecule has 0 atom stereocenters. The van der Waals surface area contributed by atoms with Gasteiger partial charge in [-0.25, -0.2) is 14.4 Å². The summed E-state index contributed by atoms with van der Waals surface area (Å²) < 4.78 is 15.2. The van der Waals surface area contributed by atoms with Crippen LogP contribution in [0.4, 0.5) is 10.2 Å². The molecule has 2 fully saturated rings. The van der Waals surface area contributed by atoms with Crippen LogP contribution in [0.15, 0.2) is 36.4 Å². The van der Waals surface area contributed by atoms with Gasteiger partial charge in [-0.05, 0) is 25.3 Å². The first-order valence-corrected chi connectivity index (χ1v) is 8.49. The number of aromatic nitrogens is 2. The molecule has 1 aliphatic heterocycles. The minimum Gasteiger partial charge on any atom is -0.356 e. The molecule has 1 aromatic heterocycles. The number of hydrogen-bond donors (Lipinski definition) is 0. The highest BCUT2D eigenvalue weighted by Gasteiger charge is 2.36. The van der Waals surface area contributed by atoms with Gasteiger partial charge >= 0.3 is 0 Å². The van der Waals surface area contributed by atoms with E-state index in [0.717, 1.165) is 22.9 Å². The van der Waals surface area contributed by atoms with Crippen LogP contribution < -0.4 is 4.90 Å². The van der Waals surface area contributed by atoms with Gasteiger partial charge in [-0.1, -0.05) is 30.3 Å². The molecule has 1 aromatic carbocycles.